The van der Waals surface area contributed by atoms with Crippen molar-refractivity contribution in [1.29, 1.82) is 0 Å². The highest BCUT2D eigenvalue weighted by atomic mass is 16.5. The molecule has 1 rings (SSSR count). The lowest BCUT2D eigenvalue weighted by Crippen LogP contribution is -2.46. The maximum atomic E-state index is 5.98. The van der Waals surface area contributed by atoms with Gasteiger partial charge in [-0.3, -0.25) is 0 Å². The van der Waals surface area contributed by atoms with Crippen LogP contribution in [0.15, 0.2) is 0 Å². The van der Waals surface area contributed by atoms with E-state index in [0.717, 1.165) is 18.4 Å². The molecule has 0 aromatic rings. The van der Waals surface area contributed by atoms with Crippen molar-refractivity contribution in [1.82, 2.24) is 5.32 Å². The van der Waals surface area contributed by atoms with Gasteiger partial charge in [0.15, 0.2) is 0 Å². The van der Waals surface area contributed by atoms with E-state index in [4.69, 9.17) is 9.47 Å². The molecule has 0 bridgehead atoms. The Bertz CT molecular complexity index is 197. The molecule has 17 heavy (non-hydrogen) atoms. The zero-order valence-electron chi connectivity index (χ0n) is 11.9. The minimum Gasteiger partial charge on any atom is -0.382 e. The minimum absolute atomic E-state index is 0.367. The molecular formula is C14H29NO2. The number of rotatable bonds is 7. The monoisotopic (exact) mass is 243 g/mol. The summed E-state index contributed by atoms with van der Waals surface area (Å²) in [5.74, 6) is 1.59. The zero-order valence-corrected chi connectivity index (χ0v) is 11.9. The first-order valence-corrected chi connectivity index (χ1v) is 7.02. The van der Waals surface area contributed by atoms with Gasteiger partial charge in [-0.15, -0.1) is 0 Å². The van der Waals surface area contributed by atoms with Gasteiger partial charge in [-0.25, -0.2) is 0 Å². The van der Waals surface area contributed by atoms with Crippen LogP contribution in [0.2, 0.25) is 0 Å². The molecule has 102 valence electrons. The summed E-state index contributed by atoms with van der Waals surface area (Å²) in [7, 11) is 1.73. The molecule has 0 heterocycles. The average molecular weight is 243 g/mol. The van der Waals surface area contributed by atoms with Crippen molar-refractivity contribution < 1.29 is 9.47 Å². The summed E-state index contributed by atoms with van der Waals surface area (Å²) < 4.78 is 11.0. The SMILES string of the molecule is CCNC1CCC(C(C)C)CC1OCCOC. The largest absolute Gasteiger partial charge is 0.382 e. The summed E-state index contributed by atoms with van der Waals surface area (Å²) in [4.78, 5) is 0. The van der Waals surface area contributed by atoms with E-state index >= 15 is 0 Å². The van der Waals surface area contributed by atoms with Gasteiger partial charge in [-0.2, -0.15) is 0 Å². The Balaban J connectivity index is 2.43. The lowest BCUT2D eigenvalue weighted by Gasteiger charge is -2.38. The van der Waals surface area contributed by atoms with Gasteiger partial charge in [0, 0.05) is 13.2 Å². The van der Waals surface area contributed by atoms with Crippen LogP contribution in [0, 0.1) is 11.8 Å². The third-order valence-electron chi connectivity index (χ3n) is 3.86. The zero-order chi connectivity index (χ0) is 12.7. The Kier molecular flexibility index (Phi) is 7.09. The second-order valence-corrected chi connectivity index (χ2v) is 5.38. The van der Waals surface area contributed by atoms with Crippen LogP contribution >= 0.6 is 0 Å². The van der Waals surface area contributed by atoms with Crippen LogP contribution in [0.4, 0.5) is 0 Å². The van der Waals surface area contributed by atoms with E-state index in [1.165, 1.54) is 19.3 Å². The highest BCUT2D eigenvalue weighted by molar-refractivity contribution is 4.86. The number of methoxy groups -OCH3 is 1. The molecule has 3 atom stereocenters. The third kappa shape index (κ3) is 4.94. The average Bonchev–Trinajstić information content (AvgIpc) is 2.31. The molecule has 1 aliphatic carbocycles. The predicted octanol–water partition coefficient (Wildman–Crippen LogP) is 2.45. The Morgan fingerprint density at radius 1 is 1.24 bits per heavy atom. The summed E-state index contributed by atoms with van der Waals surface area (Å²) in [6.45, 7) is 9.26. The first kappa shape index (κ1) is 14.9. The molecule has 3 nitrogen and oxygen atoms in total. The van der Waals surface area contributed by atoms with Crippen LogP contribution < -0.4 is 5.32 Å². The predicted molar refractivity (Wildman–Crippen MR) is 71.3 cm³/mol. The highest BCUT2D eigenvalue weighted by Gasteiger charge is 2.31. The van der Waals surface area contributed by atoms with E-state index in [1.54, 1.807) is 7.11 Å². The molecule has 0 radical (unpaired) electrons. The van der Waals surface area contributed by atoms with E-state index in [-0.39, 0.29) is 0 Å². The quantitative estimate of drug-likeness (QED) is 0.697. The van der Waals surface area contributed by atoms with Crippen molar-refractivity contribution in [2.75, 3.05) is 26.9 Å². The first-order valence-electron chi connectivity index (χ1n) is 7.02. The van der Waals surface area contributed by atoms with Crippen molar-refractivity contribution in [3.05, 3.63) is 0 Å². The van der Waals surface area contributed by atoms with Gasteiger partial charge in [-0.1, -0.05) is 20.8 Å². The Morgan fingerprint density at radius 2 is 2.00 bits per heavy atom. The maximum Gasteiger partial charge on any atom is 0.0731 e. The number of hydrogen-bond acceptors (Lipinski definition) is 3. The van der Waals surface area contributed by atoms with Gasteiger partial charge < -0.3 is 14.8 Å². The minimum atomic E-state index is 0.367. The molecule has 3 unspecified atom stereocenters. The molecule has 3 heteroatoms. The molecule has 1 aliphatic rings. The summed E-state index contributed by atoms with van der Waals surface area (Å²) in [6.07, 6.45) is 4.14. The smallest absolute Gasteiger partial charge is 0.0731 e. The summed E-state index contributed by atoms with van der Waals surface area (Å²) in [5.41, 5.74) is 0. The van der Waals surface area contributed by atoms with Crippen molar-refractivity contribution in [2.24, 2.45) is 11.8 Å². The van der Waals surface area contributed by atoms with E-state index in [0.29, 0.717) is 25.4 Å². The molecule has 0 aliphatic heterocycles. The van der Waals surface area contributed by atoms with Gasteiger partial charge in [0.25, 0.3) is 0 Å². The fourth-order valence-electron chi connectivity index (χ4n) is 2.73. The van der Waals surface area contributed by atoms with Crippen LogP contribution in [0.1, 0.15) is 40.0 Å². The highest BCUT2D eigenvalue weighted by Crippen LogP contribution is 2.31. The second-order valence-electron chi connectivity index (χ2n) is 5.38. The number of likely N-dealkylation sites (N-methyl/N-ethyl adjacent to an activating group) is 1. The molecule has 0 aromatic heterocycles. The first-order chi connectivity index (χ1) is 8.19. The van der Waals surface area contributed by atoms with Crippen molar-refractivity contribution in [2.45, 2.75) is 52.2 Å². The van der Waals surface area contributed by atoms with Crippen LogP contribution in [0.25, 0.3) is 0 Å². The van der Waals surface area contributed by atoms with E-state index in [9.17, 15) is 0 Å². The van der Waals surface area contributed by atoms with Gasteiger partial charge in [-0.05, 0) is 37.6 Å². The fraction of sp³-hybridized carbons (Fsp3) is 1.00. The van der Waals surface area contributed by atoms with Crippen LogP contribution in [0.3, 0.4) is 0 Å². The molecule has 0 aromatic carbocycles. The molecule has 1 saturated carbocycles. The normalized spacial score (nSPS) is 29.8. The lowest BCUT2D eigenvalue weighted by atomic mass is 9.78. The van der Waals surface area contributed by atoms with Crippen molar-refractivity contribution in [3.63, 3.8) is 0 Å². The number of ether oxygens (including phenoxy) is 2. The van der Waals surface area contributed by atoms with Gasteiger partial charge >= 0.3 is 0 Å². The summed E-state index contributed by atoms with van der Waals surface area (Å²) in [5, 5.41) is 3.56. The fourth-order valence-corrected chi connectivity index (χ4v) is 2.73. The summed E-state index contributed by atoms with van der Waals surface area (Å²) >= 11 is 0. The van der Waals surface area contributed by atoms with E-state index in [1.807, 2.05) is 0 Å². The van der Waals surface area contributed by atoms with Crippen LogP contribution in [-0.4, -0.2) is 39.0 Å². The van der Waals surface area contributed by atoms with E-state index in [2.05, 4.69) is 26.1 Å². The molecule has 1 N–H and O–H groups in total. The Morgan fingerprint density at radius 3 is 2.59 bits per heavy atom. The number of hydrogen-bond donors (Lipinski definition) is 1. The van der Waals surface area contributed by atoms with Crippen LogP contribution in [-0.2, 0) is 9.47 Å². The molecule has 1 fully saturated rings. The third-order valence-corrected chi connectivity index (χ3v) is 3.86. The lowest BCUT2D eigenvalue weighted by molar-refractivity contribution is -0.0343. The van der Waals surface area contributed by atoms with Gasteiger partial charge in [0.1, 0.15) is 0 Å². The van der Waals surface area contributed by atoms with Crippen molar-refractivity contribution in [3.8, 4) is 0 Å². The van der Waals surface area contributed by atoms with E-state index < -0.39 is 0 Å². The second kappa shape index (κ2) is 8.06. The number of nitrogens with one attached hydrogen (secondary N) is 1. The maximum absolute atomic E-state index is 5.98. The topological polar surface area (TPSA) is 30.5 Å². The summed E-state index contributed by atoms with van der Waals surface area (Å²) in [6, 6.07) is 0.534. The molecule has 0 amide bonds. The standard InChI is InChI=1S/C14H29NO2/c1-5-15-13-7-6-12(11(2)3)10-14(13)17-9-8-16-4/h11-15H,5-10H2,1-4H3. The van der Waals surface area contributed by atoms with Gasteiger partial charge in [0.2, 0.25) is 0 Å². The van der Waals surface area contributed by atoms with Crippen LogP contribution in [0.5, 0.6) is 0 Å². The molecule has 0 spiro atoms. The Labute approximate surface area is 106 Å². The molecule has 0 saturated heterocycles. The Hall–Kier alpha value is -0.120. The van der Waals surface area contributed by atoms with Gasteiger partial charge in [0.05, 0.1) is 19.3 Å². The van der Waals surface area contributed by atoms with Crippen molar-refractivity contribution >= 4 is 0 Å². The molecular weight excluding hydrogens is 214 g/mol.